The normalized spacial score (nSPS) is 14.0. The third kappa shape index (κ3) is 5.86. The van der Waals surface area contributed by atoms with Crippen LogP contribution in [0.3, 0.4) is 0 Å². The second-order valence-electron chi connectivity index (χ2n) is 6.49. The molecule has 0 aliphatic carbocycles. The third-order valence-corrected chi connectivity index (χ3v) is 4.55. The second kappa shape index (κ2) is 10.6. The number of ether oxygens (including phenoxy) is 4. The van der Waals surface area contributed by atoms with Crippen molar-refractivity contribution in [2.24, 2.45) is 4.99 Å². The molecule has 0 radical (unpaired) electrons. The Hall–Kier alpha value is -3.92. The van der Waals surface area contributed by atoms with E-state index in [4.69, 9.17) is 30.5 Å². The fraction of sp³-hybridized carbons (Fsp3) is 0.227. The Morgan fingerprint density at radius 2 is 1.94 bits per heavy atom. The maximum absolute atomic E-state index is 12.3. The summed E-state index contributed by atoms with van der Waals surface area (Å²) >= 11 is 5.82. The molecule has 172 valence electrons. The zero-order chi connectivity index (χ0) is 24.0. The number of halogens is 1. The number of cyclic esters (lactones) is 1. The Balaban J connectivity index is 1.86. The zero-order valence-electron chi connectivity index (χ0n) is 17.7. The van der Waals surface area contributed by atoms with Gasteiger partial charge in [-0.1, -0.05) is 17.7 Å². The number of carbonyl (C=O) groups is 2. The maximum atomic E-state index is 12.3. The van der Waals surface area contributed by atoms with Crippen LogP contribution < -0.4 is 9.47 Å². The van der Waals surface area contributed by atoms with E-state index in [2.05, 4.69) is 4.99 Å². The molecule has 0 unspecified atom stereocenters. The number of hydrogen-bond donors (Lipinski definition) is 0. The molecule has 0 aromatic heterocycles. The number of aliphatic imine (C=N–C) groups is 1. The van der Waals surface area contributed by atoms with Gasteiger partial charge < -0.3 is 18.9 Å². The Morgan fingerprint density at radius 1 is 1.15 bits per heavy atom. The molecule has 2 aromatic carbocycles. The summed E-state index contributed by atoms with van der Waals surface area (Å²) in [6.45, 7) is 3.80. The van der Waals surface area contributed by atoms with E-state index in [1.54, 1.807) is 32.0 Å². The molecule has 1 aliphatic heterocycles. The van der Waals surface area contributed by atoms with Crippen molar-refractivity contribution in [3.05, 3.63) is 68.4 Å². The van der Waals surface area contributed by atoms with E-state index in [-0.39, 0.29) is 41.1 Å². The molecule has 0 amide bonds. The zero-order valence-corrected chi connectivity index (χ0v) is 18.5. The summed E-state index contributed by atoms with van der Waals surface area (Å²) in [5.41, 5.74) is 0.455. The highest BCUT2D eigenvalue weighted by atomic mass is 35.5. The van der Waals surface area contributed by atoms with Crippen molar-refractivity contribution in [2.75, 3.05) is 19.8 Å². The van der Waals surface area contributed by atoms with E-state index in [1.807, 2.05) is 0 Å². The number of hydrogen-bond acceptors (Lipinski definition) is 9. The van der Waals surface area contributed by atoms with Crippen LogP contribution in [0.1, 0.15) is 25.0 Å². The van der Waals surface area contributed by atoms with E-state index >= 15 is 0 Å². The second-order valence-corrected chi connectivity index (χ2v) is 6.90. The first-order chi connectivity index (χ1) is 15.8. The van der Waals surface area contributed by atoms with Gasteiger partial charge in [0.05, 0.1) is 18.1 Å². The minimum atomic E-state index is -0.719. The Bertz CT molecular complexity index is 1160. The number of carbonyl (C=O) groups excluding carboxylic acids is 2. The molecule has 0 saturated heterocycles. The smallest absolute Gasteiger partial charge is 0.363 e. The first-order valence-electron chi connectivity index (χ1n) is 9.84. The molecule has 0 N–H and O–H groups in total. The van der Waals surface area contributed by atoms with Crippen LogP contribution in [0.15, 0.2) is 47.1 Å². The van der Waals surface area contributed by atoms with Gasteiger partial charge >= 0.3 is 11.9 Å². The lowest BCUT2D eigenvalue weighted by Crippen LogP contribution is -2.15. The van der Waals surface area contributed by atoms with E-state index < -0.39 is 16.9 Å². The van der Waals surface area contributed by atoms with Crippen LogP contribution in [-0.2, 0) is 19.1 Å². The number of nitro groups is 1. The molecule has 0 spiro atoms. The first kappa shape index (κ1) is 23.7. The molecule has 0 atom stereocenters. The largest absolute Gasteiger partial charge is 0.490 e. The molecule has 10 nitrogen and oxygen atoms in total. The number of rotatable bonds is 9. The Kier molecular flexibility index (Phi) is 7.62. The van der Waals surface area contributed by atoms with Crippen LogP contribution in [0.25, 0.3) is 6.08 Å². The van der Waals surface area contributed by atoms with Gasteiger partial charge in [0.25, 0.3) is 5.69 Å². The van der Waals surface area contributed by atoms with E-state index in [0.717, 1.165) is 0 Å². The minimum absolute atomic E-state index is 0.00903. The molecule has 3 rings (SSSR count). The molecule has 0 bridgehead atoms. The fourth-order valence-corrected chi connectivity index (χ4v) is 3.00. The topological polar surface area (TPSA) is 127 Å². The highest BCUT2D eigenvalue weighted by Gasteiger charge is 2.26. The highest BCUT2D eigenvalue weighted by molar-refractivity contribution is 6.32. The van der Waals surface area contributed by atoms with Crippen LogP contribution in [0.5, 0.6) is 11.5 Å². The van der Waals surface area contributed by atoms with Crippen LogP contribution in [0, 0.1) is 10.1 Å². The van der Waals surface area contributed by atoms with E-state index in [1.165, 1.54) is 24.3 Å². The Morgan fingerprint density at radius 3 is 2.64 bits per heavy atom. The van der Waals surface area contributed by atoms with Gasteiger partial charge in [-0.25, -0.2) is 14.6 Å². The lowest BCUT2D eigenvalue weighted by molar-refractivity contribution is -0.384. The summed E-state index contributed by atoms with van der Waals surface area (Å²) in [4.78, 5) is 38.4. The van der Waals surface area contributed by atoms with Gasteiger partial charge in [-0.2, -0.15) is 0 Å². The average Bonchev–Trinajstić information content (AvgIpc) is 3.14. The maximum Gasteiger partial charge on any atom is 0.363 e. The van der Waals surface area contributed by atoms with Crippen molar-refractivity contribution < 1.29 is 33.5 Å². The van der Waals surface area contributed by atoms with E-state index in [0.29, 0.717) is 23.7 Å². The van der Waals surface area contributed by atoms with Crippen molar-refractivity contribution in [3.8, 4) is 11.5 Å². The fourth-order valence-electron chi connectivity index (χ4n) is 2.82. The number of benzene rings is 2. The van der Waals surface area contributed by atoms with Crippen molar-refractivity contribution in [1.29, 1.82) is 0 Å². The lowest BCUT2D eigenvalue weighted by Gasteiger charge is -2.12. The van der Waals surface area contributed by atoms with Crippen molar-refractivity contribution in [3.63, 3.8) is 0 Å². The summed E-state index contributed by atoms with van der Waals surface area (Å²) in [6, 6.07) is 8.82. The molecule has 1 aliphatic rings. The molecular weight excluding hydrogens is 456 g/mol. The minimum Gasteiger partial charge on any atom is -0.490 e. The SMILES string of the molecule is CCOC(=O)COc1ccc(/C=C2\N=C(c3ccc(Cl)c([N+](=O)[O-])c3)OC2=O)cc1OCC. The van der Waals surface area contributed by atoms with Gasteiger partial charge in [-0.05, 0) is 49.8 Å². The van der Waals surface area contributed by atoms with Crippen molar-refractivity contribution in [1.82, 2.24) is 0 Å². The molecule has 2 aromatic rings. The number of nitrogens with zero attached hydrogens (tertiary/aromatic N) is 2. The van der Waals surface area contributed by atoms with Gasteiger partial charge in [-0.3, -0.25) is 10.1 Å². The first-order valence-corrected chi connectivity index (χ1v) is 10.2. The Labute approximate surface area is 193 Å². The number of nitro benzene ring substituents is 1. The molecule has 0 fully saturated rings. The van der Waals surface area contributed by atoms with Gasteiger partial charge in [-0.15, -0.1) is 0 Å². The molecule has 33 heavy (non-hydrogen) atoms. The predicted molar refractivity (Wildman–Crippen MR) is 118 cm³/mol. The monoisotopic (exact) mass is 474 g/mol. The number of esters is 2. The van der Waals surface area contributed by atoms with Gasteiger partial charge in [0.15, 0.2) is 23.8 Å². The summed E-state index contributed by atoms with van der Waals surface area (Å²) in [6.07, 6.45) is 1.47. The molecule has 1 heterocycles. The lowest BCUT2D eigenvalue weighted by atomic mass is 10.1. The summed E-state index contributed by atoms with van der Waals surface area (Å²) < 4.78 is 21.0. The molecule has 11 heteroatoms. The van der Waals surface area contributed by atoms with Crippen LogP contribution in [0.2, 0.25) is 5.02 Å². The molecular formula is C22H19ClN2O8. The molecule has 0 saturated carbocycles. The predicted octanol–water partition coefficient (Wildman–Crippen LogP) is 3.93. The van der Waals surface area contributed by atoms with Crippen molar-refractivity contribution >= 4 is 41.2 Å². The summed E-state index contributed by atoms with van der Waals surface area (Å²) in [5, 5.41) is 11.1. The summed E-state index contributed by atoms with van der Waals surface area (Å²) in [5.74, 6) is -0.614. The average molecular weight is 475 g/mol. The highest BCUT2D eigenvalue weighted by Crippen LogP contribution is 2.31. The quantitative estimate of drug-likeness (QED) is 0.231. The van der Waals surface area contributed by atoms with Crippen molar-refractivity contribution in [2.45, 2.75) is 13.8 Å². The van der Waals surface area contributed by atoms with E-state index in [9.17, 15) is 19.7 Å². The van der Waals surface area contributed by atoms with Crippen LogP contribution in [0.4, 0.5) is 5.69 Å². The third-order valence-electron chi connectivity index (χ3n) is 4.23. The van der Waals surface area contributed by atoms with Gasteiger partial charge in [0.1, 0.15) is 5.02 Å². The summed E-state index contributed by atoms with van der Waals surface area (Å²) in [7, 11) is 0. The van der Waals surface area contributed by atoms with Gasteiger partial charge in [0.2, 0.25) is 5.90 Å². The van der Waals surface area contributed by atoms with Gasteiger partial charge in [0, 0.05) is 11.6 Å². The van der Waals surface area contributed by atoms with Crippen LogP contribution in [-0.4, -0.2) is 42.6 Å². The standard InChI is InChI=1S/C22H19ClN2O8/c1-3-30-19-10-13(5-8-18(19)32-12-20(26)31-4-2)9-16-22(27)33-21(24-16)14-6-7-15(23)17(11-14)25(28)29/h5-11H,3-4,12H2,1-2H3/b16-9-. The van der Waals surface area contributed by atoms with Crippen LogP contribution >= 0.6 is 11.6 Å².